The topological polar surface area (TPSA) is 98.2 Å². The number of benzene rings is 1. The zero-order chi connectivity index (χ0) is 20.5. The minimum absolute atomic E-state index is 0.120. The van der Waals surface area contributed by atoms with Crippen LogP contribution in [0.1, 0.15) is 49.2 Å². The Morgan fingerprint density at radius 2 is 2.00 bits per heavy atom. The summed E-state index contributed by atoms with van der Waals surface area (Å²) in [4.78, 5) is 18.5. The third-order valence-electron chi connectivity index (χ3n) is 6.22. The van der Waals surface area contributed by atoms with Crippen molar-refractivity contribution in [2.24, 2.45) is 0 Å². The fourth-order valence-corrected chi connectivity index (χ4v) is 4.66. The van der Waals surface area contributed by atoms with E-state index >= 15 is 0 Å². The van der Waals surface area contributed by atoms with E-state index in [1.807, 2.05) is 28.9 Å². The number of aromatic nitrogens is 5. The Kier molecular flexibility index (Phi) is 5.22. The summed E-state index contributed by atoms with van der Waals surface area (Å²) in [6.45, 7) is 2.69. The van der Waals surface area contributed by atoms with Gasteiger partial charge in [-0.2, -0.15) is 0 Å². The lowest BCUT2D eigenvalue weighted by molar-refractivity contribution is 0.0211. The van der Waals surface area contributed by atoms with Crippen LogP contribution in [0.5, 0.6) is 5.75 Å². The monoisotopic (exact) mass is 410 g/mol. The van der Waals surface area contributed by atoms with E-state index in [-0.39, 0.29) is 17.6 Å². The third-order valence-corrected chi connectivity index (χ3v) is 6.22. The van der Waals surface area contributed by atoms with Gasteiger partial charge in [0.15, 0.2) is 5.82 Å². The number of H-pyrrole nitrogens is 1. The molecule has 3 heterocycles. The molecule has 0 unspecified atom stereocenters. The number of methoxy groups -OCH3 is 1. The van der Waals surface area contributed by atoms with Crippen LogP contribution in [0.15, 0.2) is 29.1 Å². The lowest BCUT2D eigenvalue weighted by Crippen LogP contribution is -2.42. The second-order valence-electron chi connectivity index (χ2n) is 7.98. The highest BCUT2D eigenvalue weighted by molar-refractivity contribution is 5.80. The minimum Gasteiger partial charge on any atom is -0.497 e. The van der Waals surface area contributed by atoms with E-state index in [2.05, 4.69) is 25.4 Å². The summed E-state index contributed by atoms with van der Waals surface area (Å²) < 4.78 is 12.9. The summed E-state index contributed by atoms with van der Waals surface area (Å²) >= 11 is 0. The number of ether oxygens (including phenoxy) is 2. The highest BCUT2D eigenvalue weighted by Crippen LogP contribution is 2.34. The Morgan fingerprint density at radius 3 is 2.77 bits per heavy atom. The lowest BCUT2D eigenvalue weighted by Gasteiger charge is -2.34. The smallest absolute Gasteiger partial charge is 0.253 e. The van der Waals surface area contributed by atoms with Crippen molar-refractivity contribution in [3.05, 3.63) is 46.0 Å². The Labute approximate surface area is 174 Å². The van der Waals surface area contributed by atoms with Gasteiger partial charge in [0, 0.05) is 29.6 Å². The van der Waals surface area contributed by atoms with Gasteiger partial charge in [0.05, 0.1) is 26.4 Å². The number of pyridine rings is 1. The van der Waals surface area contributed by atoms with Crippen molar-refractivity contribution < 1.29 is 9.47 Å². The van der Waals surface area contributed by atoms with E-state index in [1.54, 1.807) is 7.11 Å². The first kappa shape index (κ1) is 19.2. The zero-order valence-corrected chi connectivity index (χ0v) is 17.1. The quantitative estimate of drug-likeness (QED) is 0.687. The molecule has 2 fully saturated rings. The van der Waals surface area contributed by atoms with Crippen LogP contribution in [0.25, 0.3) is 10.9 Å². The van der Waals surface area contributed by atoms with Gasteiger partial charge >= 0.3 is 0 Å². The van der Waals surface area contributed by atoms with Crippen molar-refractivity contribution >= 4 is 10.9 Å². The van der Waals surface area contributed by atoms with E-state index in [0.29, 0.717) is 18.8 Å². The number of morpholine rings is 1. The molecule has 9 nitrogen and oxygen atoms in total. The van der Waals surface area contributed by atoms with Gasteiger partial charge in [-0.15, -0.1) is 5.10 Å². The standard InChI is InChI=1S/C21H26N6O3/c1-29-16-6-7-18-14(12-16)13-17(21(28)22-18)19(26-8-10-30-11-9-26)20-23-24-25-27(20)15-4-2-3-5-15/h6-7,12-13,15,19H,2-5,8-11H2,1H3,(H,22,28)/t19-/m1/s1. The van der Waals surface area contributed by atoms with Crippen molar-refractivity contribution in [2.75, 3.05) is 33.4 Å². The van der Waals surface area contributed by atoms with Gasteiger partial charge in [0.1, 0.15) is 11.8 Å². The minimum atomic E-state index is -0.330. The van der Waals surface area contributed by atoms with E-state index in [1.165, 1.54) is 12.8 Å². The average molecular weight is 410 g/mol. The maximum absolute atomic E-state index is 13.2. The molecule has 0 bridgehead atoms. The Hall–Kier alpha value is -2.78. The fraction of sp³-hybridized carbons (Fsp3) is 0.524. The molecule has 0 radical (unpaired) electrons. The summed E-state index contributed by atoms with van der Waals surface area (Å²) in [5.74, 6) is 1.48. The van der Waals surface area contributed by atoms with Crippen LogP contribution >= 0.6 is 0 Å². The number of aromatic amines is 1. The first-order valence-corrected chi connectivity index (χ1v) is 10.5. The number of fused-ring (bicyclic) bond motifs is 1. The first-order valence-electron chi connectivity index (χ1n) is 10.5. The third kappa shape index (κ3) is 3.48. The van der Waals surface area contributed by atoms with Gasteiger partial charge in [0.2, 0.25) is 0 Å². The number of tetrazole rings is 1. The number of rotatable bonds is 5. The normalized spacial score (nSPS) is 19.4. The fourth-order valence-electron chi connectivity index (χ4n) is 4.66. The molecule has 1 aliphatic carbocycles. The van der Waals surface area contributed by atoms with Crippen LogP contribution in [-0.2, 0) is 4.74 Å². The van der Waals surface area contributed by atoms with Crippen LogP contribution in [0.3, 0.4) is 0 Å². The second-order valence-corrected chi connectivity index (χ2v) is 7.98. The summed E-state index contributed by atoms with van der Waals surface area (Å²) in [5, 5.41) is 13.7. The molecular weight excluding hydrogens is 384 g/mol. The van der Waals surface area contributed by atoms with Crippen molar-refractivity contribution in [1.82, 2.24) is 30.1 Å². The molecule has 1 atom stereocenters. The molecule has 1 aromatic carbocycles. The Morgan fingerprint density at radius 1 is 1.20 bits per heavy atom. The highest BCUT2D eigenvalue weighted by atomic mass is 16.5. The molecule has 1 saturated heterocycles. The van der Waals surface area contributed by atoms with Crippen molar-refractivity contribution in [3.63, 3.8) is 0 Å². The maximum Gasteiger partial charge on any atom is 0.253 e. The van der Waals surface area contributed by atoms with E-state index < -0.39 is 0 Å². The van der Waals surface area contributed by atoms with E-state index in [4.69, 9.17) is 9.47 Å². The Balaban J connectivity index is 1.65. The number of nitrogens with one attached hydrogen (secondary N) is 1. The van der Waals surface area contributed by atoms with Crippen LogP contribution in [0, 0.1) is 0 Å². The highest BCUT2D eigenvalue weighted by Gasteiger charge is 2.33. The molecule has 5 rings (SSSR count). The van der Waals surface area contributed by atoms with Gasteiger partial charge in [-0.1, -0.05) is 12.8 Å². The van der Waals surface area contributed by atoms with Gasteiger partial charge in [0.25, 0.3) is 5.56 Å². The predicted molar refractivity (Wildman–Crippen MR) is 111 cm³/mol. The molecule has 158 valence electrons. The van der Waals surface area contributed by atoms with Crippen molar-refractivity contribution in [3.8, 4) is 5.75 Å². The molecule has 1 aliphatic heterocycles. The molecule has 2 aromatic heterocycles. The van der Waals surface area contributed by atoms with E-state index in [9.17, 15) is 4.79 Å². The Bertz CT molecular complexity index is 1080. The van der Waals surface area contributed by atoms with E-state index in [0.717, 1.165) is 48.4 Å². The number of nitrogens with zero attached hydrogens (tertiary/aromatic N) is 5. The summed E-state index contributed by atoms with van der Waals surface area (Å²) in [6, 6.07) is 7.56. The summed E-state index contributed by atoms with van der Waals surface area (Å²) in [7, 11) is 1.64. The number of hydrogen-bond donors (Lipinski definition) is 1. The second kappa shape index (κ2) is 8.16. The van der Waals surface area contributed by atoms with Gasteiger partial charge in [-0.3, -0.25) is 9.69 Å². The average Bonchev–Trinajstić information content (AvgIpc) is 3.47. The molecule has 0 amide bonds. The van der Waals surface area contributed by atoms with Crippen LogP contribution in [0.2, 0.25) is 0 Å². The van der Waals surface area contributed by atoms with Gasteiger partial charge in [-0.05, 0) is 47.5 Å². The molecule has 30 heavy (non-hydrogen) atoms. The number of hydrogen-bond acceptors (Lipinski definition) is 7. The van der Waals surface area contributed by atoms with Crippen LogP contribution in [-0.4, -0.2) is 63.5 Å². The maximum atomic E-state index is 13.2. The van der Waals surface area contributed by atoms with Gasteiger partial charge < -0.3 is 14.5 Å². The molecule has 2 aliphatic rings. The molecule has 0 spiro atoms. The molecule has 1 saturated carbocycles. The summed E-state index contributed by atoms with van der Waals surface area (Å²) in [6.07, 6.45) is 4.50. The zero-order valence-electron chi connectivity index (χ0n) is 17.1. The molecule has 9 heteroatoms. The predicted octanol–water partition coefficient (Wildman–Crippen LogP) is 2.06. The van der Waals surface area contributed by atoms with Crippen LogP contribution in [0.4, 0.5) is 0 Å². The molecular formula is C21H26N6O3. The van der Waals surface area contributed by atoms with Crippen molar-refractivity contribution in [1.29, 1.82) is 0 Å². The first-order chi connectivity index (χ1) is 14.7. The molecule has 1 N–H and O–H groups in total. The van der Waals surface area contributed by atoms with Gasteiger partial charge in [-0.25, -0.2) is 4.68 Å². The largest absolute Gasteiger partial charge is 0.497 e. The SMILES string of the molecule is COc1ccc2[nH]c(=O)c([C@H](c3nnnn3C3CCCC3)N3CCOCC3)cc2c1. The molecule has 3 aromatic rings. The van der Waals surface area contributed by atoms with Crippen LogP contribution < -0.4 is 10.3 Å². The summed E-state index contributed by atoms with van der Waals surface area (Å²) in [5.41, 5.74) is 1.30. The lowest BCUT2D eigenvalue weighted by atomic mass is 10.0. The van der Waals surface area contributed by atoms with Crippen molar-refractivity contribution in [2.45, 2.75) is 37.8 Å².